The molecular formula is C15H23N3O2. The van der Waals surface area contributed by atoms with Crippen molar-refractivity contribution in [2.75, 3.05) is 20.2 Å². The third-order valence-electron chi connectivity index (χ3n) is 3.60. The Balaban J connectivity index is 1.83. The number of ether oxygens (including phenoxy) is 1. The molecule has 2 rings (SSSR count). The number of methoxy groups -OCH3 is 1. The SMILES string of the molecule is COc1cc(CNC(=O)N2CCCCCCC2)ccn1. The lowest BCUT2D eigenvalue weighted by Gasteiger charge is -2.25. The van der Waals surface area contributed by atoms with E-state index in [1.807, 2.05) is 17.0 Å². The van der Waals surface area contributed by atoms with Crippen molar-refractivity contribution < 1.29 is 9.53 Å². The van der Waals surface area contributed by atoms with Crippen LogP contribution in [0, 0.1) is 0 Å². The average Bonchev–Trinajstić information content (AvgIpc) is 2.44. The summed E-state index contributed by atoms with van der Waals surface area (Å²) in [6.07, 6.45) is 7.66. The Hall–Kier alpha value is -1.78. The molecule has 1 aliphatic rings. The molecule has 1 N–H and O–H groups in total. The van der Waals surface area contributed by atoms with E-state index >= 15 is 0 Å². The number of nitrogens with one attached hydrogen (secondary N) is 1. The molecule has 1 aromatic rings. The maximum Gasteiger partial charge on any atom is 0.317 e. The molecule has 1 fully saturated rings. The Kier molecular flexibility index (Phi) is 5.65. The van der Waals surface area contributed by atoms with Gasteiger partial charge in [-0.3, -0.25) is 0 Å². The van der Waals surface area contributed by atoms with E-state index in [1.54, 1.807) is 13.3 Å². The Morgan fingerprint density at radius 1 is 1.30 bits per heavy atom. The van der Waals surface area contributed by atoms with Crippen LogP contribution in [0.2, 0.25) is 0 Å². The molecule has 0 saturated carbocycles. The van der Waals surface area contributed by atoms with E-state index in [-0.39, 0.29) is 6.03 Å². The number of urea groups is 1. The Morgan fingerprint density at radius 3 is 2.70 bits per heavy atom. The molecular weight excluding hydrogens is 254 g/mol. The van der Waals surface area contributed by atoms with Gasteiger partial charge in [-0.2, -0.15) is 0 Å². The number of rotatable bonds is 3. The van der Waals surface area contributed by atoms with Crippen molar-refractivity contribution in [1.29, 1.82) is 0 Å². The highest BCUT2D eigenvalue weighted by atomic mass is 16.5. The smallest absolute Gasteiger partial charge is 0.317 e. The van der Waals surface area contributed by atoms with Crippen LogP contribution in [0.25, 0.3) is 0 Å². The van der Waals surface area contributed by atoms with Crippen LogP contribution in [0.1, 0.15) is 37.7 Å². The van der Waals surface area contributed by atoms with Crippen LogP contribution in [0.5, 0.6) is 5.88 Å². The molecule has 0 atom stereocenters. The number of hydrogen-bond donors (Lipinski definition) is 1. The molecule has 0 spiro atoms. The average molecular weight is 277 g/mol. The number of carbonyl (C=O) groups excluding carboxylic acids is 1. The number of nitrogens with zero attached hydrogens (tertiary/aromatic N) is 2. The minimum absolute atomic E-state index is 0.0303. The summed E-state index contributed by atoms with van der Waals surface area (Å²) in [5.41, 5.74) is 0.997. The molecule has 0 aliphatic carbocycles. The molecule has 0 aromatic carbocycles. The molecule has 1 aliphatic heterocycles. The van der Waals surface area contributed by atoms with Gasteiger partial charge in [0.1, 0.15) is 0 Å². The quantitative estimate of drug-likeness (QED) is 0.924. The lowest BCUT2D eigenvalue weighted by atomic mass is 10.1. The highest BCUT2D eigenvalue weighted by Crippen LogP contribution is 2.11. The van der Waals surface area contributed by atoms with Crippen LogP contribution in [0.4, 0.5) is 4.79 Å². The van der Waals surface area contributed by atoms with E-state index in [2.05, 4.69) is 10.3 Å². The van der Waals surface area contributed by atoms with Crippen molar-refractivity contribution in [1.82, 2.24) is 15.2 Å². The summed E-state index contributed by atoms with van der Waals surface area (Å²) in [6.45, 7) is 2.24. The second kappa shape index (κ2) is 7.72. The molecule has 1 saturated heterocycles. The monoisotopic (exact) mass is 277 g/mol. The van der Waals surface area contributed by atoms with E-state index in [0.29, 0.717) is 12.4 Å². The summed E-state index contributed by atoms with van der Waals surface area (Å²) in [6, 6.07) is 3.76. The van der Waals surface area contributed by atoms with Crippen molar-refractivity contribution in [2.24, 2.45) is 0 Å². The van der Waals surface area contributed by atoms with Crippen LogP contribution in [0.15, 0.2) is 18.3 Å². The molecule has 5 heteroatoms. The van der Waals surface area contributed by atoms with Gasteiger partial charge in [-0.05, 0) is 24.5 Å². The van der Waals surface area contributed by atoms with Gasteiger partial charge in [-0.25, -0.2) is 9.78 Å². The predicted molar refractivity (Wildman–Crippen MR) is 77.7 cm³/mol. The van der Waals surface area contributed by atoms with Crippen LogP contribution >= 0.6 is 0 Å². The van der Waals surface area contributed by atoms with E-state index in [9.17, 15) is 4.79 Å². The Morgan fingerprint density at radius 2 is 2.00 bits per heavy atom. The molecule has 20 heavy (non-hydrogen) atoms. The molecule has 1 aromatic heterocycles. The summed E-state index contributed by atoms with van der Waals surface area (Å²) in [7, 11) is 1.59. The van der Waals surface area contributed by atoms with Gasteiger partial charge >= 0.3 is 6.03 Å². The summed E-state index contributed by atoms with van der Waals surface area (Å²) in [4.78, 5) is 18.1. The van der Waals surface area contributed by atoms with Gasteiger partial charge in [0.15, 0.2) is 0 Å². The van der Waals surface area contributed by atoms with E-state index < -0.39 is 0 Å². The second-order valence-electron chi connectivity index (χ2n) is 5.12. The fourth-order valence-corrected chi connectivity index (χ4v) is 2.41. The maximum absolute atomic E-state index is 12.2. The topological polar surface area (TPSA) is 54.5 Å². The van der Waals surface area contributed by atoms with Crippen LogP contribution in [-0.2, 0) is 6.54 Å². The highest BCUT2D eigenvalue weighted by molar-refractivity contribution is 5.74. The van der Waals surface area contributed by atoms with Gasteiger partial charge in [-0.15, -0.1) is 0 Å². The van der Waals surface area contributed by atoms with Gasteiger partial charge in [0.25, 0.3) is 0 Å². The molecule has 2 heterocycles. The molecule has 0 radical (unpaired) electrons. The Bertz CT molecular complexity index is 429. The number of carbonyl (C=O) groups is 1. The van der Waals surface area contributed by atoms with Crippen molar-refractivity contribution in [3.8, 4) is 5.88 Å². The maximum atomic E-state index is 12.2. The zero-order valence-corrected chi connectivity index (χ0v) is 12.1. The zero-order valence-electron chi connectivity index (χ0n) is 12.1. The summed E-state index contributed by atoms with van der Waals surface area (Å²) < 4.78 is 5.07. The largest absolute Gasteiger partial charge is 0.481 e. The van der Waals surface area contributed by atoms with Gasteiger partial charge in [0.05, 0.1) is 7.11 Å². The normalized spacial score (nSPS) is 16.1. The highest BCUT2D eigenvalue weighted by Gasteiger charge is 2.14. The number of likely N-dealkylation sites (tertiary alicyclic amines) is 1. The summed E-state index contributed by atoms with van der Waals surface area (Å²) >= 11 is 0. The second-order valence-corrected chi connectivity index (χ2v) is 5.12. The first-order valence-corrected chi connectivity index (χ1v) is 7.31. The standard InChI is InChI=1S/C15H23N3O2/c1-20-14-11-13(7-8-16-14)12-17-15(19)18-9-5-3-2-4-6-10-18/h7-8,11H,2-6,9-10,12H2,1H3,(H,17,19). The molecule has 0 bridgehead atoms. The minimum atomic E-state index is 0.0303. The number of amides is 2. The van der Waals surface area contributed by atoms with E-state index in [4.69, 9.17) is 4.74 Å². The van der Waals surface area contributed by atoms with Gasteiger partial charge in [0, 0.05) is 31.9 Å². The van der Waals surface area contributed by atoms with Gasteiger partial charge < -0.3 is 15.0 Å². The van der Waals surface area contributed by atoms with Crippen molar-refractivity contribution in [2.45, 2.75) is 38.6 Å². The van der Waals surface area contributed by atoms with Crippen LogP contribution in [-0.4, -0.2) is 36.1 Å². The first-order chi connectivity index (χ1) is 9.79. The molecule has 110 valence electrons. The molecule has 0 unspecified atom stereocenters. The number of hydrogen-bond acceptors (Lipinski definition) is 3. The third-order valence-corrected chi connectivity index (χ3v) is 3.60. The van der Waals surface area contributed by atoms with Crippen molar-refractivity contribution in [3.05, 3.63) is 23.9 Å². The van der Waals surface area contributed by atoms with Crippen LogP contribution in [0.3, 0.4) is 0 Å². The first-order valence-electron chi connectivity index (χ1n) is 7.31. The lowest BCUT2D eigenvalue weighted by molar-refractivity contribution is 0.191. The fraction of sp³-hybridized carbons (Fsp3) is 0.600. The first kappa shape index (κ1) is 14.6. The van der Waals surface area contributed by atoms with Crippen LogP contribution < -0.4 is 10.1 Å². The summed E-state index contributed by atoms with van der Waals surface area (Å²) in [5, 5.41) is 2.97. The van der Waals surface area contributed by atoms with Crippen molar-refractivity contribution >= 4 is 6.03 Å². The molecule has 5 nitrogen and oxygen atoms in total. The van der Waals surface area contributed by atoms with Gasteiger partial charge in [-0.1, -0.05) is 19.3 Å². The van der Waals surface area contributed by atoms with E-state index in [1.165, 1.54) is 19.3 Å². The lowest BCUT2D eigenvalue weighted by Crippen LogP contribution is -2.41. The number of aromatic nitrogens is 1. The zero-order chi connectivity index (χ0) is 14.2. The number of pyridine rings is 1. The molecule has 2 amide bonds. The van der Waals surface area contributed by atoms with Crippen molar-refractivity contribution in [3.63, 3.8) is 0 Å². The third kappa shape index (κ3) is 4.40. The predicted octanol–water partition coefficient (Wildman–Crippen LogP) is 2.57. The Labute approximate surface area is 120 Å². The van der Waals surface area contributed by atoms with E-state index in [0.717, 1.165) is 31.5 Å². The minimum Gasteiger partial charge on any atom is -0.481 e. The summed E-state index contributed by atoms with van der Waals surface area (Å²) in [5.74, 6) is 0.572. The van der Waals surface area contributed by atoms with Gasteiger partial charge in [0.2, 0.25) is 5.88 Å². The fourth-order valence-electron chi connectivity index (χ4n) is 2.41.